The summed E-state index contributed by atoms with van der Waals surface area (Å²) >= 11 is 0. The highest BCUT2D eigenvalue weighted by Crippen LogP contribution is 2.15. The Hall–Kier alpha value is -1.59. The SMILES string of the molecule is COC(=O)C1C(=O)CCN1C(=O)OC. The van der Waals surface area contributed by atoms with Crippen molar-refractivity contribution in [1.29, 1.82) is 0 Å². The molecule has 1 unspecified atom stereocenters. The molecule has 6 heteroatoms. The number of hydrogen-bond acceptors (Lipinski definition) is 5. The molecule has 14 heavy (non-hydrogen) atoms. The summed E-state index contributed by atoms with van der Waals surface area (Å²) in [6.07, 6.45) is -0.527. The lowest BCUT2D eigenvalue weighted by Gasteiger charge is -2.19. The molecule has 1 heterocycles. The van der Waals surface area contributed by atoms with Gasteiger partial charge in [0.05, 0.1) is 14.2 Å². The van der Waals surface area contributed by atoms with Crippen molar-refractivity contribution in [2.75, 3.05) is 20.8 Å². The molecule has 0 bridgehead atoms. The predicted molar refractivity (Wildman–Crippen MR) is 44.5 cm³/mol. The van der Waals surface area contributed by atoms with Crippen LogP contribution in [0.3, 0.4) is 0 Å². The van der Waals surface area contributed by atoms with Gasteiger partial charge in [0.1, 0.15) is 0 Å². The van der Waals surface area contributed by atoms with Gasteiger partial charge >= 0.3 is 12.1 Å². The minimum Gasteiger partial charge on any atom is -0.467 e. The average molecular weight is 201 g/mol. The van der Waals surface area contributed by atoms with E-state index in [2.05, 4.69) is 9.47 Å². The van der Waals surface area contributed by atoms with E-state index in [0.29, 0.717) is 0 Å². The van der Waals surface area contributed by atoms with Crippen LogP contribution in [0, 0.1) is 0 Å². The Morgan fingerprint density at radius 1 is 1.36 bits per heavy atom. The molecular weight excluding hydrogens is 190 g/mol. The molecule has 1 atom stereocenters. The third-order valence-electron chi connectivity index (χ3n) is 2.05. The normalized spacial score (nSPS) is 20.9. The second kappa shape index (κ2) is 4.08. The molecule has 0 aromatic carbocycles. The minimum atomic E-state index is -1.13. The van der Waals surface area contributed by atoms with Crippen molar-refractivity contribution < 1.29 is 23.9 Å². The van der Waals surface area contributed by atoms with Gasteiger partial charge in [-0.1, -0.05) is 0 Å². The van der Waals surface area contributed by atoms with E-state index in [1.54, 1.807) is 0 Å². The first kappa shape index (κ1) is 10.5. The summed E-state index contributed by atoms with van der Waals surface area (Å²) in [5.74, 6) is -1.04. The number of ether oxygens (including phenoxy) is 2. The molecule has 0 radical (unpaired) electrons. The largest absolute Gasteiger partial charge is 0.467 e. The molecule has 0 N–H and O–H groups in total. The Labute approximate surface area is 80.8 Å². The quantitative estimate of drug-likeness (QED) is 0.425. The van der Waals surface area contributed by atoms with Gasteiger partial charge in [-0.15, -0.1) is 0 Å². The van der Waals surface area contributed by atoms with Gasteiger partial charge in [0.25, 0.3) is 0 Å². The number of carbonyl (C=O) groups excluding carboxylic acids is 3. The van der Waals surface area contributed by atoms with Crippen molar-refractivity contribution in [3.8, 4) is 0 Å². The number of carbonyl (C=O) groups is 3. The van der Waals surface area contributed by atoms with Gasteiger partial charge in [0, 0.05) is 13.0 Å². The van der Waals surface area contributed by atoms with Crippen LogP contribution in [-0.4, -0.2) is 49.6 Å². The summed E-state index contributed by atoms with van der Waals surface area (Å²) in [5.41, 5.74) is 0. The number of likely N-dealkylation sites (tertiary alicyclic amines) is 1. The third-order valence-corrected chi connectivity index (χ3v) is 2.05. The number of ketones is 1. The molecule has 78 valence electrons. The van der Waals surface area contributed by atoms with Crippen LogP contribution < -0.4 is 0 Å². The molecule has 1 aliphatic rings. The Balaban J connectivity index is 2.81. The van der Waals surface area contributed by atoms with Gasteiger partial charge in [0.2, 0.25) is 0 Å². The highest BCUT2D eigenvalue weighted by Gasteiger charge is 2.42. The maximum Gasteiger partial charge on any atom is 0.410 e. The molecule has 0 spiro atoms. The Bertz CT molecular complexity index is 275. The van der Waals surface area contributed by atoms with Gasteiger partial charge in [-0.25, -0.2) is 9.59 Å². The molecule has 1 aliphatic heterocycles. The number of nitrogens with zero attached hydrogens (tertiary/aromatic N) is 1. The van der Waals surface area contributed by atoms with E-state index in [1.807, 2.05) is 0 Å². The lowest BCUT2D eigenvalue weighted by molar-refractivity contribution is -0.148. The zero-order valence-corrected chi connectivity index (χ0v) is 7.98. The zero-order chi connectivity index (χ0) is 10.7. The fraction of sp³-hybridized carbons (Fsp3) is 0.625. The van der Waals surface area contributed by atoms with E-state index < -0.39 is 18.1 Å². The van der Waals surface area contributed by atoms with E-state index >= 15 is 0 Å². The van der Waals surface area contributed by atoms with Gasteiger partial charge in [0.15, 0.2) is 11.8 Å². The Kier molecular flexibility index (Phi) is 3.06. The Morgan fingerprint density at radius 2 is 2.00 bits per heavy atom. The number of esters is 1. The van der Waals surface area contributed by atoms with Gasteiger partial charge in [-0.3, -0.25) is 9.69 Å². The van der Waals surface area contributed by atoms with Crippen LogP contribution in [0.4, 0.5) is 4.79 Å². The third kappa shape index (κ3) is 1.68. The van der Waals surface area contributed by atoms with Crippen molar-refractivity contribution in [3.63, 3.8) is 0 Å². The first-order valence-electron chi connectivity index (χ1n) is 4.07. The Morgan fingerprint density at radius 3 is 2.50 bits per heavy atom. The van der Waals surface area contributed by atoms with Gasteiger partial charge < -0.3 is 9.47 Å². The molecule has 1 fully saturated rings. The first-order chi connectivity index (χ1) is 6.61. The van der Waals surface area contributed by atoms with Crippen LogP contribution in [-0.2, 0) is 19.1 Å². The second-order valence-corrected chi connectivity index (χ2v) is 2.81. The molecule has 1 amide bonds. The van der Waals surface area contributed by atoms with Crippen molar-refractivity contribution in [3.05, 3.63) is 0 Å². The fourth-order valence-corrected chi connectivity index (χ4v) is 1.35. The first-order valence-corrected chi connectivity index (χ1v) is 4.07. The lowest BCUT2D eigenvalue weighted by Crippen LogP contribution is -2.44. The summed E-state index contributed by atoms with van der Waals surface area (Å²) in [7, 11) is 2.36. The zero-order valence-electron chi connectivity index (χ0n) is 7.98. The maximum absolute atomic E-state index is 11.3. The van der Waals surface area contributed by atoms with E-state index in [4.69, 9.17) is 0 Å². The summed E-state index contributed by atoms with van der Waals surface area (Å²) < 4.78 is 8.85. The molecule has 1 rings (SSSR count). The molecule has 0 saturated carbocycles. The van der Waals surface area contributed by atoms with Crippen molar-refractivity contribution in [2.45, 2.75) is 12.5 Å². The summed E-state index contributed by atoms with van der Waals surface area (Å²) in [4.78, 5) is 34.6. The molecule has 0 aliphatic carbocycles. The van der Waals surface area contributed by atoms with E-state index in [9.17, 15) is 14.4 Å². The van der Waals surface area contributed by atoms with Gasteiger partial charge in [-0.2, -0.15) is 0 Å². The number of methoxy groups -OCH3 is 2. The van der Waals surface area contributed by atoms with Crippen LogP contribution >= 0.6 is 0 Å². The van der Waals surface area contributed by atoms with Gasteiger partial charge in [-0.05, 0) is 0 Å². The molecule has 0 aromatic rings. The minimum absolute atomic E-state index is 0.162. The maximum atomic E-state index is 11.3. The molecule has 6 nitrogen and oxygen atoms in total. The molecule has 0 aromatic heterocycles. The topological polar surface area (TPSA) is 72.9 Å². The monoisotopic (exact) mass is 201 g/mol. The smallest absolute Gasteiger partial charge is 0.410 e. The number of amides is 1. The van der Waals surface area contributed by atoms with Crippen molar-refractivity contribution in [1.82, 2.24) is 4.90 Å². The second-order valence-electron chi connectivity index (χ2n) is 2.81. The van der Waals surface area contributed by atoms with Crippen LogP contribution in [0.25, 0.3) is 0 Å². The fourth-order valence-electron chi connectivity index (χ4n) is 1.35. The molecular formula is C8H11NO5. The van der Waals surface area contributed by atoms with E-state index in [1.165, 1.54) is 14.2 Å². The van der Waals surface area contributed by atoms with Crippen LogP contribution in [0.5, 0.6) is 0 Å². The average Bonchev–Trinajstić information content (AvgIpc) is 2.58. The van der Waals surface area contributed by atoms with E-state index in [0.717, 1.165) is 4.90 Å². The number of Topliss-reactive ketones (excluding diaryl/α,β-unsaturated/α-hetero) is 1. The van der Waals surface area contributed by atoms with Crippen LogP contribution in [0.1, 0.15) is 6.42 Å². The van der Waals surface area contributed by atoms with Crippen molar-refractivity contribution >= 4 is 17.8 Å². The number of hydrogen-bond donors (Lipinski definition) is 0. The van der Waals surface area contributed by atoms with Crippen LogP contribution in [0.15, 0.2) is 0 Å². The predicted octanol–water partition coefficient (Wildman–Crippen LogP) is -0.431. The summed E-state index contributed by atoms with van der Waals surface area (Å²) in [5, 5.41) is 0. The van der Waals surface area contributed by atoms with Crippen molar-refractivity contribution in [2.24, 2.45) is 0 Å². The highest BCUT2D eigenvalue weighted by atomic mass is 16.5. The standard InChI is InChI=1S/C8H11NO5/c1-13-7(11)6-5(10)3-4-9(6)8(12)14-2/h6H,3-4H2,1-2H3. The van der Waals surface area contributed by atoms with Crippen LogP contribution in [0.2, 0.25) is 0 Å². The highest BCUT2D eigenvalue weighted by molar-refractivity contribution is 6.07. The summed E-state index contributed by atoms with van der Waals surface area (Å²) in [6, 6.07) is -1.13. The lowest BCUT2D eigenvalue weighted by atomic mass is 10.2. The number of rotatable bonds is 1. The molecule has 1 saturated heterocycles. The van der Waals surface area contributed by atoms with E-state index in [-0.39, 0.29) is 18.7 Å². The summed E-state index contributed by atoms with van der Waals surface area (Å²) in [6.45, 7) is 0.200.